The summed E-state index contributed by atoms with van der Waals surface area (Å²) in [6, 6.07) is 3.25. The summed E-state index contributed by atoms with van der Waals surface area (Å²) < 4.78 is 13.3. The molecule has 1 unspecified atom stereocenters. The zero-order valence-corrected chi connectivity index (χ0v) is 9.57. The number of hydrogen-bond donors (Lipinski definition) is 1. The van der Waals surface area contributed by atoms with Gasteiger partial charge in [-0.05, 0) is 49.6 Å². The Hall–Kier alpha value is -0.600. The van der Waals surface area contributed by atoms with Gasteiger partial charge in [-0.1, -0.05) is 18.0 Å². The summed E-state index contributed by atoms with van der Waals surface area (Å²) in [6.07, 6.45) is 3.48. The fraction of sp³-hybridized carbons (Fsp3) is 0.500. The molecule has 0 aliphatic carbocycles. The van der Waals surface area contributed by atoms with E-state index in [4.69, 9.17) is 11.6 Å². The summed E-state index contributed by atoms with van der Waals surface area (Å²) >= 11 is 5.97. The second-order valence-corrected chi connectivity index (χ2v) is 4.51. The fourth-order valence-electron chi connectivity index (χ4n) is 2.14. The summed E-state index contributed by atoms with van der Waals surface area (Å²) in [4.78, 5) is 0. The van der Waals surface area contributed by atoms with Crippen LogP contribution in [0.4, 0.5) is 4.39 Å². The molecular weight excluding hydrogens is 213 g/mol. The lowest BCUT2D eigenvalue weighted by Crippen LogP contribution is -2.27. The lowest BCUT2D eigenvalue weighted by molar-refractivity contribution is 0.409. The SMILES string of the molecule is Cc1c(Cl)cc(F)cc1C1CCCCN1. The highest BCUT2D eigenvalue weighted by atomic mass is 35.5. The van der Waals surface area contributed by atoms with Crippen molar-refractivity contribution >= 4 is 11.6 Å². The van der Waals surface area contributed by atoms with Gasteiger partial charge in [0.2, 0.25) is 0 Å². The molecule has 1 aromatic rings. The Labute approximate surface area is 94.6 Å². The van der Waals surface area contributed by atoms with Crippen molar-refractivity contribution in [1.29, 1.82) is 0 Å². The van der Waals surface area contributed by atoms with Gasteiger partial charge in [0.15, 0.2) is 0 Å². The van der Waals surface area contributed by atoms with Crippen molar-refractivity contribution < 1.29 is 4.39 Å². The lowest BCUT2D eigenvalue weighted by Gasteiger charge is -2.25. The Morgan fingerprint density at radius 1 is 1.40 bits per heavy atom. The number of halogens is 2. The Balaban J connectivity index is 2.33. The first-order valence-corrected chi connectivity index (χ1v) is 5.75. The van der Waals surface area contributed by atoms with Crippen molar-refractivity contribution in [3.05, 3.63) is 34.1 Å². The highest BCUT2D eigenvalue weighted by Gasteiger charge is 2.18. The summed E-state index contributed by atoms with van der Waals surface area (Å²) in [6.45, 7) is 2.96. The van der Waals surface area contributed by atoms with Crippen molar-refractivity contribution in [1.82, 2.24) is 5.32 Å². The van der Waals surface area contributed by atoms with Crippen molar-refractivity contribution in [3.63, 3.8) is 0 Å². The van der Waals surface area contributed by atoms with Crippen LogP contribution in [0.25, 0.3) is 0 Å². The van der Waals surface area contributed by atoms with E-state index in [1.807, 2.05) is 6.92 Å². The summed E-state index contributed by atoms with van der Waals surface area (Å²) in [5.41, 5.74) is 2.01. The van der Waals surface area contributed by atoms with Gasteiger partial charge in [-0.3, -0.25) is 0 Å². The van der Waals surface area contributed by atoms with Crippen molar-refractivity contribution in [3.8, 4) is 0 Å². The van der Waals surface area contributed by atoms with E-state index in [1.165, 1.54) is 18.9 Å². The van der Waals surface area contributed by atoms with Gasteiger partial charge in [0.1, 0.15) is 5.82 Å². The number of nitrogens with one attached hydrogen (secondary N) is 1. The number of rotatable bonds is 1. The van der Waals surface area contributed by atoms with E-state index in [-0.39, 0.29) is 11.9 Å². The number of piperidine rings is 1. The zero-order valence-electron chi connectivity index (χ0n) is 8.82. The van der Waals surface area contributed by atoms with Crippen LogP contribution in [0.15, 0.2) is 12.1 Å². The largest absolute Gasteiger partial charge is 0.310 e. The van der Waals surface area contributed by atoms with Gasteiger partial charge >= 0.3 is 0 Å². The van der Waals surface area contributed by atoms with Gasteiger partial charge in [0.05, 0.1) is 0 Å². The van der Waals surface area contributed by atoms with Gasteiger partial charge < -0.3 is 5.32 Å². The highest BCUT2D eigenvalue weighted by molar-refractivity contribution is 6.31. The van der Waals surface area contributed by atoms with Gasteiger partial charge in [-0.15, -0.1) is 0 Å². The van der Waals surface area contributed by atoms with Gasteiger partial charge in [-0.2, -0.15) is 0 Å². The molecule has 82 valence electrons. The topological polar surface area (TPSA) is 12.0 Å². The minimum atomic E-state index is -0.243. The summed E-state index contributed by atoms with van der Waals surface area (Å²) in [5, 5.41) is 3.93. The molecule has 2 rings (SSSR count). The maximum Gasteiger partial charge on any atom is 0.125 e. The van der Waals surface area contributed by atoms with Gasteiger partial charge in [0, 0.05) is 11.1 Å². The van der Waals surface area contributed by atoms with Crippen LogP contribution in [0, 0.1) is 12.7 Å². The Kier molecular flexibility index (Phi) is 3.27. The Bertz CT molecular complexity index is 359. The predicted molar refractivity (Wildman–Crippen MR) is 60.7 cm³/mol. The third kappa shape index (κ3) is 2.32. The molecule has 0 bridgehead atoms. The number of benzene rings is 1. The molecule has 0 aromatic heterocycles. The second kappa shape index (κ2) is 4.50. The Morgan fingerprint density at radius 2 is 2.20 bits per heavy atom. The molecule has 1 nitrogen and oxygen atoms in total. The number of hydrogen-bond acceptors (Lipinski definition) is 1. The molecule has 0 saturated carbocycles. The first kappa shape index (κ1) is 10.9. The third-order valence-electron chi connectivity index (χ3n) is 3.03. The summed E-state index contributed by atoms with van der Waals surface area (Å²) in [5.74, 6) is -0.243. The molecule has 1 saturated heterocycles. The van der Waals surface area contributed by atoms with E-state index in [0.717, 1.165) is 24.1 Å². The molecule has 1 aromatic carbocycles. The average molecular weight is 228 g/mol. The van der Waals surface area contributed by atoms with Crippen molar-refractivity contribution in [2.45, 2.75) is 32.2 Å². The fourth-order valence-corrected chi connectivity index (χ4v) is 2.36. The minimum Gasteiger partial charge on any atom is -0.310 e. The quantitative estimate of drug-likeness (QED) is 0.773. The molecule has 1 N–H and O–H groups in total. The van der Waals surface area contributed by atoms with Crippen LogP contribution in [0.2, 0.25) is 5.02 Å². The molecule has 0 spiro atoms. The highest BCUT2D eigenvalue weighted by Crippen LogP contribution is 2.30. The monoisotopic (exact) mass is 227 g/mol. The van der Waals surface area contributed by atoms with Crippen LogP contribution >= 0.6 is 11.6 Å². The molecule has 15 heavy (non-hydrogen) atoms. The maximum atomic E-state index is 13.3. The van der Waals surface area contributed by atoms with Crippen LogP contribution in [0.1, 0.15) is 36.4 Å². The van der Waals surface area contributed by atoms with E-state index in [9.17, 15) is 4.39 Å². The van der Waals surface area contributed by atoms with E-state index in [2.05, 4.69) is 5.32 Å². The normalized spacial score (nSPS) is 21.7. The van der Waals surface area contributed by atoms with Crippen molar-refractivity contribution in [2.24, 2.45) is 0 Å². The predicted octanol–water partition coefficient (Wildman–Crippen LogP) is 3.60. The van der Waals surface area contributed by atoms with Crippen LogP contribution in [-0.2, 0) is 0 Å². The molecule has 1 atom stereocenters. The minimum absolute atomic E-state index is 0.243. The average Bonchev–Trinajstić information content (AvgIpc) is 2.24. The zero-order chi connectivity index (χ0) is 10.8. The second-order valence-electron chi connectivity index (χ2n) is 4.10. The van der Waals surface area contributed by atoms with Gasteiger partial charge in [0.25, 0.3) is 0 Å². The first-order chi connectivity index (χ1) is 7.18. The molecule has 0 amide bonds. The van der Waals surface area contributed by atoms with Crippen molar-refractivity contribution in [2.75, 3.05) is 6.54 Å². The lowest BCUT2D eigenvalue weighted by atomic mass is 9.94. The molecule has 1 aliphatic heterocycles. The summed E-state index contributed by atoms with van der Waals surface area (Å²) in [7, 11) is 0. The van der Waals surface area contributed by atoms with E-state index in [1.54, 1.807) is 6.07 Å². The molecular formula is C12H15ClFN. The van der Waals surface area contributed by atoms with Crippen LogP contribution in [0.3, 0.4) is 0 Å². The van der Waals surface area contributed by atoms with Crippen LogP contribution in [0.5, 0.6) is 0 Å². The van der Waals surface area contributed by atoms with Gasteiger partial charge in [-0.25, -0.2) is 4.39 Å². The molecule has 1 aliphatic rings. The van der Waals surface area contributed by atoms with E-state index >= 15 is 0 Å². The van der Waals surface area contributed by atoms with E-state index in [0.29, 0.717) is 5.02 Å². The molecule has 3 heteroatoms. The molecule has 1 fully saturated rings. The molecule has 1 heterocycles. The Morgan fingerprint density at radius 3 is 2.87 bits per heavy atom. The third-order valence-corrected chi connectivity index (χ3v) is 3.43. The first-order valence-electron chi connectivity index (χ1n) is 5.37. The molecule has 0 radical (unpaired) electrons. The van der Waals surface area contributed by atoms with E-state index < -0.39 is 0 Å². The smallest absolute Gasteiger partial charge is 0.125 e. The van der Waals surface area contributed by atoms with Crippen LogP contribution in [-0.4, -0.2) is 6.54 Å². The maximum absolute atomic E-state index is 13.3. The van der Waals surface area contributed by atoms with Crippen LogP contribution < -0.4 is 5.32 Å². The standard InChI is InChI=1S/C12H15ClFN/c1-8-10(6-9(14)7-11(8)13)12-4-2-3-5-15-12/h6-7,12,15H,2-5H2,1H3.